The van der Waals surface area contributed by atoms with Gasteiger partial charge in [-0.1, -0.05) is 12.2 Å². The highest BCUT2D eigenvalue weighted by atomic mass is 16.7. The molecule has 2 amide bonds. The molecule has 0 spiro atoms. The molecule has 8 nitrogen and oxygen atoms in total. The first kappa shape index (κ1) is 21.8. The molecule has 5 atom stereocenters. The molecule has 0 radical (unpaired) electrons. The number of allylic oxidation sites excluding steroid dienone is 1. The zero-order chi connectivity index (χ0) is 21.0. The summed E-state index contributed by atoms with van der Waals surface area (Å²) >= 11 is 0. The fourth-order valence-electron chi connectivity index (χ4n) is 4.46. The van der Waals surface area contributed by atoms with E-state index in [9.17, 15) is 19.5 Å². The average molecular weight is 408 g/mol. The van der Waals surface area contributed by atoms with Gasteiger partial charge in [0.25, 0.3) is 0 Å². The highest BCUT2D eigenvalue weighted by molar-refractivity contribution is 5.94. The van der Waals surface area contributed by atoms with Crippen molar-refractivity contribution >= 4 is 17.8 Å². The van der Waals surface area contributed by atoms with E-state index in [1.165, 1.54) is 0 Å². The van der Waals surface area contributed by atoms with Crippen LogP contribution in [-0.2, 0) is 23.9 Å². The zero-order valence-corrected chi connectivity index (χ0v) is 17.3. The fourth-order valence-corrected chi connectivity index (χ4v) is 4.46. The van der Waals surface area contributed by atoms with Crippen molar-refractivity contribution in [2.24, 2.45) is 17.8 Å². The second-order valence-corrected chi connectivity index (χ2v) is 8.34. The van der Waals surface area contributed by atoms with Gasteiger partial charge in [-0.15, -0.1) is 0 Å². The minimum atomic E-state index is -1.25. The van der Waals surface area contributed by atoms with Crippen LogP contribution in [0, 0.1) is 17.8 Å². The average Bonchev–Trinajstić information content (AvgIpc) is 3.21. The van der Waals surface area contributed by atoms with Gasteiger partial charge in [0.15, 0.2) is 0 Å². The molecule has 0 saturated heterocycles. The summed E-state index contributed by atoms with van der Waals surface area (Å²) in [5.74, 6) is -2.76. The summed E-state index contributed by atoms with van der Waals surface area (Å²) in [5, 5.41) is 12.5. The number of amides is 2. The van der Waals surface area contributed by atoms with E-state index in [0.717, 1.165) is 19.3 Å². The lowest BCUT2D eigenvalue weighted by Crippen LogP contribution is -2.49. The Kier molecular flexibility index (Phi) is 6.95. The lowest BCUT2D eigenvalue weighted by atomic mass is 9.93. The summed E-state index contributed by atoms with van der Waals surface area (Å²) in [7, 11) is 1.77. The largest absolute Gasteiger partial charge is 0.479 e. The maximum absolute atomic E-state index is 13.1. The van der Waals surface area contributed by atoms with Gasteiger partial charge in [0, 0.05) is 26.1 Å². The van der Waals surface area contributed by atoms with E-state index in [4.69, 9.17) is 9.47 Å². The van der Waals surface area contributed by atoms with Crippen molar-refractivity contribution in [1.29, 1.82) is 0 Å². The highest BCUT2D eigenvalue weighted by Gasteiger charge is 2.61. The van der Waals surface area contributed by atoms with Crippen molar-refractivity contribution in [1.82, 2.24) is 10.2 Å². The molecule has 2 fully saturated rings. The number of fused-ring (bicyclic) bond motifs is 2. The van der Waals surface area contributed by atoms with Crippen LogP contribution in [0.4, 0.5) is 0 Å². The van der Waals surface area contributed by atoms with Crippen molar-refractivity contribution in [3.8, 4) is 0 Å². The molecule has 0 bridgehead atoms. The molecule has 2 N–H and O–H groups in total. The lowest BCUT2D eigenvalue weighted by molar-refractivity contribution is -0.145. The smallest absolute Gasteiger partial charge is 0.330 e. The highest BCUT2D eigenvalue weighted by Crippen LogP contribution is 2.46. The van der Waals surface area contributed by atoms with Gasteiger partial charge in [-0.25, -0.2) is 4.79 Å². The molecule has 1 aliphatic heterocycles. The number of carbonyl (C=O) groups is 3. The number of hydrogen-bond acceptors (Lipinski definition) is 5. The van der Waals surface area contributed by atoms with Gasteiger partial charge in [0.1, 0.15) is 12.3 Å². The summed E-state index contributed by atoms with van der Waals surface area (Å²) in [6, 6.07) is 0. The molecule has 2 aliphatic carbocycles. The van der Waals surface area contributed by atoms with Crippen LogP contribution in [0.1, 0.15) is 45.4 Å². The monoisotopic (exact) mass is 408 g/mol. The van der Waals surface area contributed by atoms with Gasteiger partial charge in [0.2, 0.25) is 11.8 Å². The van der Waals surface area contributed by atoms with Gasteiger partial charge in [-0.3, -0.25) is 9.59 Å². The van der Waals surface area contributed by atoms with Crippen LogP contribution < -0.4 is 5.32 Å². The minimum absolute atomic E-state index is 0.0722. The van der Waals surface area contributed by atoms with Crippen LogP contribution in [-0.4, -0.2) is 66.4 Å². The number of carboxylic acids is 1. The zero-order valence-electron chi connectivity index (χ0n) is 17.3. The van der Waals surface area contributed by atoms with Gasteiger partial charge in [-0.05, 0) is 45.4 Å². The third kappa shape index (κ3) is 4.80. The molecule has 0 aromatic rings. The predicted molar refractivity (Wildman–Crippen MR) is 105 cm³/mol. The quantitative estimate of drug-likeness (QED) is 0.406. The van der Waals surface area contributed by atoms with E-state index in [-0.39, 0.29) is 30.6 Å². The Balaban J connectivity index is 1.79. The second kappa shape index (κ2) is 9.26. The number of rotatable bonds is 5. The van der Waals surface area contributed by atoms with Crippen LogP contribution in [0.2, 0.25) is 0 Å². The number of nitrogens with one attached hydrogen (secondary N) is 1. The Morgan fingerprint density at radius 3 is 2.79 bits per heavy atom. The lowest BCUT2D eigenvalue weighted by Gasteiger charge is -2.26. The molecular formula is C21H32N2O6. The first-order valence-corrected chi connectivity index (χ1v) is 10.6. The summed E-state index contributed by atoms with van der Waals surface area (Å²) < 4.78 is 11.0. The Morgan fingerprint density at radius 2 is 2.07 bits per heavy atom. The van der Waals surface area contributed by atoms with E-state index in [2.05, 4.69) is 5.32 Å². The van der Waals surface area contributed by atoms with E-state index < -0.39 is 23.3 Å². The molecule has 29 heavy (non-hydrogen) atoms. The third-order valence-electron chi connectivity index (χ3n) is 6.37. The van der Waals surface area contributed by atoms with Gasteiger partial charge >= 0.3 is 5.97 Å². The Morgan fingerprint density at radius 1 is 1.31 bits per heavy atom. The molecule has 0 unspecified atom stereocenters. The molecule has 0 aromatic heterocycles. The second-order valence-electron chi connectivity index (χ2n) is 8.34. The van der Waals surface area contributed by atoms with Crippen LogP contribution >= 0.6 is 0 Å². The molecule has 3 aliphatic rings. The SMILES string of the molecule is CCOCO[C@@H]1C[C@H]2C(=O)N[C@]3(C(=O)O)C[C@H]3/C=C\CCCCN(C)C(=O)[C@@H]2C1. The van der Waals surface area contributed by atoms with E-state index >= 15 is 0 Å². The number of ether oxygens (including phenoxy) is 2. The molecule has 0 aromatic carbocycles. The van der Waals surface area contributed by atoms with Gasteiger partial charge in [-0.2, -0.15) is 0 Å². The first-order valence-electron chi connectivity index (χ1n) is 10.6. The van der Waals surface area contributed by atoms with Crippen molar-refractivity contribution in [3.63, 3.8) is 0 Å². The van der Waals surface area contributed by atoms with Gasteiger partial charge in [0.05, 0.1) is 17.9 Å². The molecule has 8 heteroatoms. The molecule has 162 valence electrons. The Hall–Kier alpha value is -1.93. The van der Waals surface area contributed by atoms with E-state index in [1.807, 2.05) is 19.1 Å². The summed E-state index contributed by atoms with van der Waals surface area (Å²) in [6.45, 7) is 3.16. The van der Waals surface area contributed by atoms with Gasteiger partial charge < -0.3 is 24.8 Å². The topological polar surface area (TPSA) is 105 Å². The fraction of sp³-hybridized carbons (Fsp3) is 0.762. The van der Waals surface area contributed by atoms with Crippen LogP contribution in [0.25, 0.3) is 0 Å². The van der Waals surface area contributed by atoms with E-state index in [0.29, 0.717) is 32.4 Å². The molecule has 2 saturated carbocycles. The maximum Gasteiger partial charge on any atom is 0.330 e. The third-order valence-corrected chi connectivity index (χ3v) is 6.37. The number of hydrogen-bond donors (Lipinski definition) is 2. The maximum atomic E-state index is 13.1. The first-order chi connectivity index (χ1) is 13.9. The Labute approximate surface area is 171 Å². The van der Waals surface area contributed by atoms with Crippen LogP contribution in [0.15, 0.2) is 12.2 Å². The standard InChI is InChI=1S/C21H32N2O6/c1-3-28-13-29-15-10-16-17(11-15)19(25)23(2)9-7-5-4-6-8-14-12-21(14,20(26)27)22-18(16)24/h6,8,14-17H,3-5,7,9-13H2,1-2H3,(H,22,24)(H,26,27)/b8-6-/t14-,15-,16-,17-,21-/m1/s1. The van der Waals surface area contributed by atoms with Crippen molar-refractivity contribution in [2.45, 2.75) is 57.1 Å². The summed E-state index contributed by atoms with van der Waals surface area (Å²) in [4.78, 5) is 39.7. The molecule has 1 heterocycles. The van der Waals surface area contributed by atoms with Crippen molar-refractivity contribution in [2.75, 3.05) is 27.0 Å². The number of carbonyl (C=O) groups excluding carboxylic acids is 2. The summed E-state index contributed by atoms with van der Waals surface area (Å²) in [6.07, 6.45) is 7.50. The summed E-state index contributed by atoms with van der Waals surface area (Å²) in [5.41, 5.74) is -1.25. The van der Waals surface area contributed by atoms with Crippen LogP contribution in [0.5, 0.6) is 0 Å². The number of nitrogens with zero attached hydrogens (tertiary/aromatic N) is 1. The molecule has 3 rings (SSSR count). The normalized spacial score (nSPS) is 36.6. The van der Waals surface area contributed by atoms with Crippen molar-refractivity contribution < 1.29 is 29.0 Å². The van der Waals surface area contributed by atoms with Crippen molar-refractivity contribution in [3.05, 3.63) is 12.2 Å². The number of carboxylic acid groups (broad SMARTS) is 1. The predicted octanol–water partition coefficient (Wildman–Crippen LogP) is 1.55. The Bertz CT molecular complexity index is 666. The molecular weight excluding hydrogens is 376 g/mol. The van der Waals surface area contributed by atoms with E-state index in [1.54, 1.807) is 11.9 Å². The minimum Gasteiger partial charge on any atom is -0.479 e. The number of aliphatic carboxylic acids is 1. The van der Waals surface area contributed by atoms with Crippen LogP contribution in [0.3, 0.4) is 0 Å².